The van der Waals surface area contributed by atoms with Crippen molar-refractivity contribution in [2.45, 2.75) is 32.1 Å². The Balaban J connectivity index is 2.58. The molecular weight excluding hydrogens is 182 g/mol. The Labute approximate surface area is 84.6 Å². The molecule has 2 nitrogen and oxygen atoms in total. The summed E-state index contributed by atoms with van der Waals surface area (Å²) < 4.78 is 0. The lowest BCUT2D eigenvalue weighted by molar-refractivity contribution is -0.126. The van der Waals surface area contributed by atoms with Gasteiger partial charge < -0.3 is 4.90 Å². The molecule has 0 bridgehead atoms. The summed E-state index contributed by atoms with van der Waals surface area (Å²) in [5.41, 5.74) is 0. The van der Waals surface area contributed by atoms with Gasteiger partial charge in [-0.1, -0.05) is 24.7 Å². The van der Waals surface area contributed by atoms with Gasteiger partial charge in [-0.2, -0.15) is 0 Å². The van der Waals surface area contributed by atoms with Gasteiger partial charge in [-0.25, -0.2) is 0 Å². The van der Waals surface area contributed by atoms with Crippen molar-refractivity contribution in [1.82, 2.24) is 4.90 Å². The lowest BCUT2D eigenvalue weighted by Crippen LogP contribution is -2.34. The summed E-state index contributed by atoms with van der Waals surface area (Å²) in [5, 5.41) is 0. The number of likely N-dealkylation sites (tertiary alicyclic amines) is 1. The van der Waals surface area contributed by atoms with Crippen LogP contribution in [0.4, 0.5) is 0 Å². The van der Waals surface area contributed by atoms with E-state index in [0.29, 0.717) is 6.42 Å². The predicted octanol–water partition coefficient (Wildman–Crippen LogP) is 2.29. The Morgan fingerprint density at radius 2 is 2.31 bits per heavy atom. The van der Waals surface area contributed by atoms with E-state index >= 15 is 0 Å². The highest BCUT2D eigenvalue weighted by atomic mass is 32.1. The summed E-state index contributed by atoms with van der Waals surface area (Å²) in [5.74, 6) is 0.0990. The Bertz CT molecular complexity index is 225. The van der Waals surface area contributed by atoms with Crippen molar-refractivity contribution in [1.29, 1.82) is 0 Å². The number of thiocarbonyl (C=S) groups is 1. The highest BCUT2D eigenvalue weighted by Gasteiger charge is 2.18. The average molecular weight is 197 g/mol. The van der Waals surface area contributed by atoms with Gasteiger partial charge in [0.1, 0.15) is 0 Å². The third kappa shape index (κ3) is 2.92. The molecule has 1 heterocycles. The molecule has 1 saturated heterocycles. The number of carbonyl (C=O) groups excluding carboxylic acids is 1. The summed E-state index contributed by atoms with van der Waals surface area (Å²) in [4.78, 5) is 14.1. The van der Waals surface area contributed by atoms with Crippen molar-refractivity contribution < 1.29 is 4.79 Å². The number of hydrogen-bond donors (Lipinski definition) is 0. The first-order valence-electron chi connectivity index (χ1n) is 4.70. The molecule has 1 fully saturated rings. The molecule has 0 spiro atoms. The molecule has 0 saturated carbocycles. The number of amides is 1. The fourth-order valence-corrected chi connectivity index (χ4v) is 1.82. The molecule has 1 aliphatic heterocycles. The van der Waals surface area contributed by atoms with Gasteiger partial charge in [-0.15, -0.1) is 6.58 Å². The van der Waals surface area contributed by atoms with Gasteiger partial charge in [-0.05, 0) is 19.3 Å². The van der Waals surface area contributed by atoms with E-state index in [1.54, 1.807) is 11.0 Å². The van der Waals surface area contributed by atoms with Crippen LogP contribution in [-0.2, 0) is 4.79 Å². The lowest BCUT2D eigenvalue weighted by atomic mass is 10.2. The van der Waals surface area contributed by atoms with E-state index in [9.17, 15) is 4.79 Å². The lowest BCUT2D eigenvalue weighted by Gasteiger charge is -2.19. The zero-order valence-electron chi connectivity index (χ0n) is 7.79. The van der Waals surface area contributed by atoms with Crippen LogP contribution in [0.2, 0.25) is 0 Å². The van der Waals surface area contributed by atoms with Crippen molar-refractivity contribution in [3.8, 4) is 0 Å². The summed E-state index contributed by atoms with van der Waals surface area (Å²) in [7, 11) is 0. The predicted molar refractivity (Wildman–Crippen MR) is 57.6 cm³/mol. The largest absolute Gasteiger partial charge is 0.306 e. The van der Waals surface area contributed by atoms with Gasteiger partial charge in [-0.3, -0.25) is 4.79 Å². The van der Waals surface area contributed by atoms with Gasteiger partial charge in [0, 0.05) is 13.0 Å². The van der Waals surface area contributed by atoms with E-state index in [0.717, 1.165) is 30.8 Å². The fourth-order valence-electron chi connectivity index (χ4n) is 1.48. The molecule has 3 heteroatoms. The first-order chi connectivity index (χ1) is 6.25. The second kappa shape index (κ2) is 5.12. The van der Waals surface area contributed by atoms with Crippen molar-refractivity contribution in [3.63, 3.8) is 0 Å². The third-order valence-corrected chi connectivity index (χ3v) is 2.62. The van der Waals surface area contributed by atoms with Gasteiger partial charge in [0.15, 0.2) is 0 Å². The van der Waals surface area contributed by atoms with E-state index < -0.39 is 0 Å². The van der Waals surface area contributed by atoms with Crippen molar-refractivity contribution >= 4 is 23.1 Å². The second-order valence-corrected chi connectivity index (χ2v) is 3.71. The van der Waals surface area contributed by atoms with Crippen LogP contribution >= 0.6 is 12.2 Å². The van der Waals surface area contributed by atoms with Crippen LogP contribution in [0.1, 0.15) is 32.1 Å². The Morgan fingerprint density at radius 1 is 1.54 bits per heavy atom. The Hall–Kier alpha value is -0.700. The van der Waals surface area contributed by atoms with Crippen molar-refractivity contribution in [3.05, 3.63) is 12.7 Å². The van der Waals surface area contributed by atoms with Crippen LogP contribution in [0.15, 0.2) is 12.7 Å². The molecule has 0 aliphatic carbocycles. The van der Waals surface area contributed by atoms with Crippen LogP contribution in [0.3, 0.4) is 0 Å². The smallest absolute Gasteiger partial charge is 0.231 e. The van der Waals surface area contributed by atoms with Crippen LogP contribution in [0, 0.1) is 0 Å². The molecule has 1 aliphatic rings. The minimum Gasteiger partial charge on any atom is -0.306 e. The molecule has 0 aromatic heterocycles. The van der Waals surface area contributed by atoms with Crippen LogP contribution < -0.4 is 0 Å². The fraction of sp³-hybridized carbons (Fsp3) is 0.600. The van der Waals surface area contributed by atoms with Gasteiger partial charge >= 0.3 is 0 Å². The molecular formula is C10H15NOS. The van der Waals surface area contributed by atoms with Crippen LogP contribution in [-0.4, -0.2) is 22.3 Å². The SMILES string of the molecule is C=CCC(=O)N1CCCCCC1=S. The maximum atomic E-state index is 11.5. The quantitative estimate of drug-likeness (QED) is 0.500. The number of carbonyl (C=O) groups is 1. The molecule has 0 aromatic carbocycles. The molecule has 13 heavy (non-hydrogen) atoms. The highest BCUT2D eigenvalue weighted by Crippen LogP contribution is 2.13. The maximum absolute atomic E-state index is 11.5. The van der Waals surface area contributed by atoms with Crippen LogP contribution in [0.5, 0.6) is 0 Å². The minimum absolute atomic E-state index is 0.0990. The zero-order valence-corrected chi connectivity index (χ0v) is 8.61. The molecule has 0 radical (unpaired) electrons. The van der Waals surface area contributed by atoms with E-state index in [2.05, 4.69) is 6.58 Å². The second-order valence-electron chi connectivity index (χ2n) is 3.24. The molecule has 0 aromatic rings. The number of rotatable bonds is 2. The summed E-state index contributed by atoms with van der Waals surface area (Å²) in [6.45, 7) is 4.35. The normalized spacial score (nSPS) is 18.2. The topological polar surface area (TPSA) is 20.3 Å². The highest BCUT2D eigenvalue weighted by molar-refractivity contribution is 7.80. The van der Waals surface area contributed by atoms with Gasteiger partial charge in [0.05, 0.1) is 4.99 Å². The minimum atomic E-state index is 0.0990. The van der Waals surface area contributed by atoms with Gasteiger partial charge in [0.25, 0.3) is 0 Å². The molecule has 0 atom stereocenters. The maximum Gasteiger partial charge on any atom is 0.231 e. The summed E-state index contributed by atoms with van der Waals surface area (Å²) >= 11 is 5.17. The molecule has 0 N–H and O–H groups in total. The van der Waals surface area contributed by atoms with E-state index in [-0.39, 0.29) is 5.91 Å². The molecule has 1 rings (SSSR count). The van der Waals surface area contributed by atoms with Crippen LogP contribution in [0.25, 0.3) is 0 Å². The first kappa shape index (κ1) is 10.4. The van der Waals surface area contributed by atoms with Gasteiger partial charge in [0.2, 0.25) is 5.91 Å². The Kier molecular flexibility index (Phi) is 4.09. The van der Waals surface area contributed by atoms with E-state index in [4.69, 9.17) is 12.2 Å². The third-order valence-electron chi connectivity index (χ3n) is 2.19. The monoisotopic (exact) mass is 197 g/mol. The average Bonchev–Trinajstić information content (AvgIpc) is 2.30. The number of hydrogen-bond acceptors (Lipinski definition) is 2. The van der Waals surface area contributed by atoms with E-state index in [1.807, 2.05) is 0 Å². The summed E-state index contributed by atoms with van der Waals surface area (Å²) in [6, 6.07) is 0. The molecule has 1 amide bonds. The standard InChI is InChI=1S/C10H15NOS/c1-2-6-9(12)11-8-5-3-4-7-10(11)13/h2H,1,3-8H2. The van der Waals surface area contributed by atoms with E-state index in [1.165, 1.54) is 6.42 Å². The molecule has 0 unspecified atom stereocenters. The first-order valence-corrected chi connectivity index (χ1v) is 5.10. The summed E-state index contributed by atoms with van der Waals surface area (Å²) in [6.07, 6.45) is 6.30. The van der Waals surface area contributed by atoms with Crippen molar-refractivity contribution in [2.24, 2.45) is 0 Å². The molecule has 72 valence electrons. The Morgan fingerprint density at radius 3 is 3.00 bits per heavy atom. The zero-order chi connectivity index (χ0) is 9.68. The number of nitrogens with zero attached hydrogens (tertiary/aromatic N) is 1. The van der Waals surface area contributed by atoms with Crippen molar-refractivity contribution in [2.75, 3.05) is 6.54 Å².